The number of aromatic nitrogens is 1. The van der Waals surface area contributed by atoms with E-state index in [2.05, 4.69) is 10.3 Å². The van der Waals surface area contributed by atoms with Crippen molar-refractivity contribution in [3.8, 4) is 0 Å². The topological polar surface area (TPSA) is 60.5 Å². The zero-order valence-corrected chi connectivity index (χ0v) is 12.6. The summed E-state index contributed by atoms with van der Waals surface area (Å²) < 4.78 is 10.3. The van der Waals surface area contributed by atoms with Crippen LogP contribution in [-0.4, -0.2) is 36.8 Å². The molecule has 0 fully saturated rings. The Morgan fingerprint density at radius 3 is 2.95 bits per heavy atom. The van der Waals surface area contributed by atoms with Crippen molar-refractivity contribution in [3.63, 3.8) is 0 Å². The molecule has 1 N–H and O–H groups in total. The summed E-state index contributed by atoms with van der Waals surface area (Å²) in [7, 11) is 0. The molecule has 1 heterocycles. The number of nitrogens with zero attached hydrogens (tertiary/aromatic N) is 1. The lowest BCUT2D eigenvalue weighted by atomic mass is 10.2. The molecular weight excluding hydrogens is 264 g/mol. The molecule has 0 aromatic carbocycles. The van der Waals surface area contributed by atoms with Crippen LogP contribution in [0.25, 0.3) is 0 Å². The van der Waals surface area contributed by atoms with Crippen molar-refractivity contribution in [2.24, 2.45) is 0 Å². The molecule has 108 valence electrons. The Morgan fingerprint density at radius 1 is 1.47 bits per heavy atom. The zero-order chi connectivity index (χ0) is 14.1. The highest BCUT2D eigenvalue weighted by Gasteiger charge is 2.07. The highest BCUT2D eigenvalue weighted by Crippen LogP contribution is 2.16. The first-order chi connectivity index (χ1) is 9.15. The van der Waals surface area contributed by atoms with E-state index in [0.717, 1.165) is 17.4 Å². The van der Waals surface area contributed by atoms with Crippen molar-refractivity contribution in [2.45, 2.75) is 39.7 Å². The summed E-state index contributed by atoms with van der Waals surface area (Å²) in [5.41, 5.74) is 0.921. The first kappa shape index (κ1) is 15.9. The second-order valence-electron chi connectivity index (χ2n) is 4.10. The van der Waals surface area contributed by atoms with E-state index in [0.29, 0.717) is 26.1 Å². The Labute approximate surface area is 118 Å². The standard InChI is InChI=1S/C13H22N2O3S/c1-4-17-10(3)8-14-13-15-11(9-19-13)6-7-12(16)18-5-2/h9-10H,4-8H2,1-3H3,(H,14,15). The van der Waals surface area contributed by atoms with Crippen LogP contribution in [0.2, 0.25) is 0 Å². The fourth-order valence-electron chi connectivity index (χ4n) is 1.54. The van der Waals surface area contributed by atoms with Gasteiger partial charge in [0.05, 0.1) is 24.8 Å². The number of carbonyl (C=O) groups is 1. The predicted octanol–water partition coefficient (Wildman–Crippen LogP) is 2.48. The normalized spacial score (nSPS) is 12.2. The van der Waals surface area contributed by atoms with Crippen molar-refractivity contribution in [1.29, 1.82) is 0 Å². The smallest absolute Gasteiger partial charge is 0.306 e. The van der Waals surface area contributed by atoms with Gasteiger partial charge < -0.3 is 14.8 Å². The van der Waals surface area contributed by atoms with Crippen LogP contribution in [0.4, 0.5) is 5.13 Å². The van der Waals surface area contributed by atoms with Crippen molar-refractivity contribution in [3.05, 3.63) is 11.1 Å². The minimum absolute atomic E-state index is 0.164. The van der Waals surface area contributed by atoms with E-state index in [-0.39, 0.29) is 12.1 Å². The van der Waals surface area contributed by atoms with Gasteiger partial charge in [0, 0.05) is 25.0 Å². The largest absolute Gasteiger partial charge is 0.466 e. The van der Waals surface area contributed by atoms with Crippen LogP contribution in [0.1, 0.15) is 32.9 Å². The van der Waals surface area contributed by atoms with E-state index in [9.17, 15) is 4.79 Å². The molecule has 1 unspecified atom stereocenters. The molecule has 0 spiro atoms. The summed E-state index contributed by atoms with van der Waals surface area (Å²) in [5, 5.41) is 6.06. The molecule has 0 bridgehead atoms. The maximum Gasteiger partial charge on any atom is 0.306 e. The molecule has 0 aliphatic carbocycles. The Kier molecular flexibility index (Phi) is 7.43. The van der Waals surface area contributed by atoms with Crippen LogP contribution in [0.5, 0.6) is 0 Å². The third kappa shape index (κ3) is 6.54. The van der Waals surface area contributed by atoms with Gasteiger partial charge in [0.25, 0.3) is 0 Å². The maximum absolute atomic E-state index is 11.2. The van der Waals surface area contributed by atoms with Gasteiger partial charge in [-0.15, -0.1) is 11.3 Å². The first-order valence-corrected chi connectivity index (χ1v) is 7.49. The zero-order valence-electron chi connectivity index (χ0n) is 11.8. The third-order valence-electron chi connectivity index (χ3n) is 2.43. The monoisotopic (exact) mass is 286 g/mol. The van der Waals surface area contributed by atoms with E-state index in [4.69, 9.17) is 9.47 Å². The van der Waals surface area contributed by atoms with E-state index < -0.39 is 0 Å². The number of hydrogen-bond acceptors (Lipinski definition) is 6. The molecule has 0 radical (unpaired) electrons. The van der Waals surface area contributed by atoms with E-state index >= 15 is 0 Å². The van der Waals surface area contributed by atoms with Gasteiger partial charge in [-0.25, -0.2) is 4.98 Å². The second-order valence-corrected chi connectivity index (χ2v) is 4.95. The fourth-order valence-corrected chi connectivity index (χ4v) is 2.30. The molecule has 5 nitrogen and oxygen atoms in total. The van der Waals surface area contributed by atoms with Gasteiger partial charge in [-0.1, -0.05) is 0 Å². The number of aryl methyl sites for hydroxylation is 1. The van der Waals surface area contributed by atoms with Gasteiger partial charge in [-0.2, -0.15) is 0 Å². The van der Waals surface area contributed by atoms with E-state index in [1.165, 1.54) is 0 Å². The van der Waals surface area contributed by atoms with Crippen LogP contribution in [0.15, 0.2) is 5.38 Å². The minimum atomic E-state index is -0.171. The second kappa shape index (κ2) is 8.87. The number of ether oxygens (including phenoxy) is 2. The summed E-state index contributed by atoms with van der Waals surface area (Å²) in [6.07, 6.45) is 1.17. The van der Waals surface area contributed by atoms with Gasteiger partial charge in [0.15, 0.2) is 5.13 Å². The number of nitrogens with one attached hydrogen (secondary N) is 1. The Morgan fingerprint density at radius 2 is 2.26 bits per heavy atom. The summed E-state index contributed by atoms with van der Waals surface area (Å²) in [4.78, 5) is 15.6. The van der Waals surface area contributed by atoms with E-state index in [1.807, 2.05) is 26.2 Å². The van der Waals surface area contributed by atoms with Crippen LogP contribution >= 0.6 is 11.3 Å². The summed E-state index contributed by atoms with van der Waals surface area (Å²) in [5.74, 6) is -0.171. The molecule has 0 amide bonds. The lowest BCUT2D eigenvalue weighted by molar-refractivity contribution is -0.143. The molecule has 1 atom stereocenters. The average molecular weight is 286 g/mol. The Bertz CT molecular complexity index is 382. The predicted molar refractivity (Wildman–Crippen MR) is 76.6 cm³/mol. The molecule has 1 rings (SSSR count). The quantitative estimate of drug-likeness (QED) is 0.707. The average Bonchev–Trinajstić information content (AvgIpc) is 2.83. The molecule has 0 aliphatic heterocycles. The minimum Gasteiger partial charge on any atom is -0.466 e. The Hall–Kier alpha value is -1.14. The maximum atomic E-state index is 11.2. The number of esters is 1. The lowest BCUT2D eigenvalue weighted by Crippen LogP contribution is -2.19. The number of rotatable bonds is 9. The van der Waals surface area contributed by atoms with Gasteiger partial charge in [-0.05, 0) is 20.8 Å². The summed E-state index contributed by atoms with van der Waals surface area (Å²) in [6, 6.07) is 0. The SMILES string of the molecule is CCOC(=O)CCc1csc(NCC(C)OCC)n1. The molecule has 0 aliphatic rings. The van der Waals surface area contributed by atoms with Crippen molar-refractivity contribution < 1.29 is 14.3 Å². The van der Waals surface area contributed by atoms with Crippen LogP contribution in [0.3, 0.4) is 0 Å². The van der Waals surface area contributed by atoms with E-state index in [1.54, 1.807) is 11.3 Å². The molecule has 19 heavy (non-hydrogen) atoms. The summed E-state index contributed by atoms with van der Waals surface area (Å²) in [6.45, 7) is 7.68. The third-order valence-corrected chi connectivity index (χ3v) is 3.28. The number of carbonyl (C=O) groups excluding carboxylic acids is 1. The van der Waals surface area contributed by atoms with Crippen molar-refractivity contribution in [1.82, 2.24) is 4.98 Å². The van der Waals surface area contributed by atoms with Crippen LogP contribution in [-0.2, 0) is 20.7 Å². The first-order valence-electron chi connectivity index (χ1n) is 6.61. The highest BCUT2D eigenvalue weighted by atomic mass is 32.1. The number of hydrogen-bond donors (Lipinski definition) is 1. The van der Waals surface area contributed by atoms with Gasteiger partial charge in [0.1, 0.15) is 0 Å². The van der Waals surface area contributed by atoms with Gasteiger partial charge in [0.2, 0.25) is 0 Å². The van der Waals surface area contributed by atoms with Gasteiger partial charge >= 0.3 is 5.97 Å². The number of thiazole rings is 1. The molecule has 0 saturated carbocycles. The molecule has 0 saturated heterocycles. The fraction of sp³-hybridized carbons (Fsp3) is 0.692. The Balaban J connectivity index is 2.30. The molecule has 1 aromatic heterocycles. The van der Waals surface area contributed by atoms with Gasteiger partial charge in [-0.3, -0.25) is 4.79 Å². The summed E-state index contributed by atoms with van der Waals surface area (Å²) >= 11 is 1.54. The van der Waals surface area contributed by atoms with Crippen LogP contribution in [0, 0.1) is 0 Å². The lowest BCUT2D eigenvalue weighted by Gasteiger charge is -2.11. The highest BCUT2D eigenvalue weighted by molar-refractivity contribution is 7.13. The van der Waals surface area contributed by atoms with Crippen molar-refractivity contribution in [2.75, 3.05) is 25.1 Å². The molecule has 1 aromatic rings. The number of anilines is 1. The van der Waals surface area contributed by atoms with Crippen molar-refractivity contribution >= 4 is 22.4 Å². The molecular formula is C13H22N2O3S. The molecule has 6 heteroatoms. The van der Waals surface area contributed by atoms with Crippen LogP contribution < -0.4 is 5.32 Å².